The summed E-state index contributed by atoms with van der Waals surface area (Å²) in [5.41, 5.74) is 0. The maximum atomic E-state index is 8.66. The Morgan fingerprint density at radius 1 is 1.42 bits per heavy atom. The Balaban J connectivity index is 1.93. The molecule has 2 heterocycles. The highest BCUT2D eigenvalue weighted by Gasteiger charge is 2.06. The Kier molecular flexibility index (Phi) is 4.74. The van der Waals surface area contributed by atoms with Gasteiger partial charge in [0, 0.05) is 30.9 Å². The first-order valence-corrected chi connectivity index (χ1v) is 6.84. The minimum atomic E-state index is -0.0910. The molecule has 0 amide bonds. The van der Waals surface area contributed by atoms with E-state index in [-0.39, 0.29) is 6.61 Å². The normalized spacial score (nSPS) is 10.5. The average molecular weight is 275 g/mol. The standard InChI is InChI=1S/C14H17N3OS/c1-16(11-14-15-7-8-17(14)2)10-13-6-5-12(19-13)4-3-9-18/h5-8,18H,9-11H2,1-2H3. The topological polar surface area (TPSA) is 41.3 Å². The number of hydrogen-bond donors (Lipinski definition) is 1. The van der Waals surface area contributed by atoms with Gasteiger partial charge in [-0.15, -0.1) is 11.3 Å². The van der Waals surface area contributed by atoms with Crippen molar-refractivity contribution in [2.45, 2.75) is 13.1 Å². The van der Waals surface area contributed by atoms with Crippen LogP contribution in [0.4, 0.5) is 0 Å². The van der Waals surface area contributed by atoms with Crippen LogP contribution in [-0.4, -0.2) is 33.2 Å². The maximum absolute atomic E-state index is 8.66. The smallest absolute Gasteiger partial charge is 0.122 e. The Morgan fingerprint density at radius 2 is 2.26 bits per heavy atom. The zero-order chi connectivity index (χ0) is 13.7. The molecule has 0 spiro atoms. The summed E-state index contributed by atoms with van der Waals surface area (Å²) in [6.45, 7) is 1.60. The molecule has 0 bridgehead atoms. The third kappa shape index (κ3) is 3.93. The third-order valence-corrected chi connectivity index (χ3v) is 3.70. The van der Waals surface area contributed by atoms with Crippen molar-refractivity contribution in [1.82, 2.24) is 14.5 Å². The summed E-state index contributed by atoms with van der Waals surface area (Å²) in [5, 5.41) is 8.66. The number of rotatable bonds is 4. The van der Waals surface area contributed by atoms with Crippen molar-refractivity contribution in [3.05, 3.63) is 40.1 Å². The largest absolute Gasteiger partial charge is 0.384 e. The Hall–Kier alpha value is -1.61. The first-order chi connectivity index (χ1) is 9.19. The summed E-state index contributed by atoms with van der Waals surface area (Å²) in [7, 11) is 4.08. The van der Waals surface area contributed by atoms with Crippen molar-refractivity contribution in [2.75, 3.05) is 13.7 Å². The number of aryl methyl sites for hydroxylation is 1. The minimum absolute atomic E-state index is 0.0910. The Bertz CT molecular complexity index is 591. The molecule has 2 rings (SSSR count). The second kappa shape index (κ2) is 6.53. The molecule has 0 aliphatic rings. The van der Waals surface area contributed by atoms with E-state index in [0.29, 0.717) is 0 Å². The van der Waals surface area contributed by atoms with E-state index >= 15 is 0 Å². The number of nitrogens with zero attached hydrogens (tertiary/aromatic N) is 3. The van der Waals surface area contributed by atoms with Crippen LogP contribution in [0, 0.1) is 11.8 Å². The first kappa shape index (κ1) is 13.8. The van der Waals surface area contributed by atoms with Gasteiger partial charge in [-0.2, -0.15) is 0 Å². The van der Waals surface area contributed by atoms with Crippen molar-refractivity contribution in [3.63, 3.8) is 0 Å². The number of hydrogen-bond acceptors (Lipinski definition) is 4. The van der Waals surface area contributed by atoms with E-state index in [1.54, 1.807) is 11.3 Å². The molecule has 0 saturated heterocycles. The van der Waals surface area contributed by atoms with E-state index in [0.717, 1.165) is 23.8 Å². The lowest BCUT2D eigenvalue weighted by molar-refractivity contribution is 0.310. The van der Waals surface area contributed by atoms with E-state index < -0.39 is 0 Å². The number of aromatic nitrogens is 2. The van der Waals surface area contributed by atoms with E-state index in [2.05, 4.69) is 34.8 Å². The highest BCUT2D eigenvalue weighted by atomic mass is 32.1. The zero-order valence-corrected chi connectivity index (χ0v) is 11.9. The van der Waals surface area contributed by atoms with Gasteiger partial charge in [0.25, 0.3) is 0 Å². The van der Waals surface area contributed by atoms with E-state index in [1.165, 1.54) is 4.88 Å². The average Bonchev–Trinajstić information content (AvgIpc) is 2.97. The van der Waals surface area contributed by atoms with Crippen molar-refractivity contribution in [1.29, 1.82) is 0 Å². The van der Waals surface area contributed by atoms with Crippen LogP contribution >= 0.6 is 11.3 Å². The van der Waals surface area contributed by atoms with Gasteiger partial charge in [-0.25, -0.2) is 4.98 Å². The molecule has 0 unspecified atom stereocenters. The Labute approximate surface area is 117 Å². The third-order valence-electron chi connectivity index (χ3n) is 2.71. The Morgan fingerprint density at radius 3 is 2.95 bits per heavy atom. The molecule has 2 aromatic rings. The quantitative estimate of drug-likeness (QED) is 0.859. The lowest BCUT2D eigenvalue weighted by Gasteiger charge is -2.14. The van der Waals surface area contributed by atoms with Gasteiger partial charge in [0.05, 0.1) is 11.4 Å². The molecule has 0 aliphatic carbocycles. The van der Waals surface area contributed by atoms with Crippen molar-refractivity contribution >= 4 is 11.3 Å². The van der Waals surface area contributed by atoms with Gasteiger partial charge in [-0.3, -0.25) is 4.90 Å². The molecule has 0 aromatic carbocycles. The molecule has 0 radical (unpaired) electrons. The van der Waals surface area contributed by atoms with Gasteiger partial charge >= 0.3 is 0 Å². The van der Waals surface area contributed by atoms with E-state index in [1.807, 2.05) is 30.1 Å². The summed E-state index contributed by atoms with van der Waals surface area (Å²) >= 11 is 1.66. The first-order valence-electron chi connectivity index (χ1n) is 6.02. The van der Waals surface area contributed by atoms with Crippen LogP contribution in [0.3, 0.4) is 0 Å². The maximum Gasteiger partial charge on any atom is 0.122 e. The van der Waals surface area contributed by atoms with Gasteiger partial charge in [0.15, 0.2) is 0 Å². The van der Waals surface area contributed by atoms with Crippen LogP contribution in [-0.2, 0) is 20.1 Å². The number of aliphatic hydroxyl groups excluding tert-OH is 1. The number of aliphatic hydroxyl groups is 1. The highest BCUT2D eigenvalue weighted by Crippen LogP contribution is 2.17. The molecule has 100 valence electrons. The molecule has 0 atom stereocenters. The second-order valence-electron chi connectivity index (χ2n) is 4.35. The molecular formula is C14H17N3OS. The summed E-state index contributed by atoms with van der Waals surface area (Å²) in [6, 6.07) is 4.08. The summed E-state index contributed by atoms with van der Waals surface area (Å²) < 4.78 is 2.03. The van der Waals surface area contributed by atoms with Crippen LogP contribution in [0.15, 0.2) is 24.5 Å². The van der Waals surface area contributed by atoms with Gasteiger partial charge in [-0.05, 0) is 19.2 Å². The lowest BCUT2D eigenvalue weighted by Crippen LogP contribution is -2.18. The molecule has 0 saturated carbocycles. The second-order valence-corrected chi connectivity index (χ2v) is 5.52. The van der Waals surface area contributed by atoms with E-state index in [4.69, 9.17) is 5.11 Å². The van der Waals surface area contributed by atoms with Gasteiger partial charge < -0.3 is 9.67 Å². The fourth-order valence-electron chi connectivity index (χ4n) is 1.77. The van der Waals surface area contributed by atoms with Gasteiger partial charge in [-0.1, -0.05) is 11.8 Å². The predicted molar refractivity (Wildman–Crippen MR) is 76.7 cm³/mol. The molecule has 19 heavy (non-hydrogen) atoms. The fraction of sp³-hybridized carbons (Fsp3) is 0.357. The van der Waals surface area contributed by atoms with Crippen LogP contribution in [0.1, 0.15) is 15.6 Å². The summed E-state index contributed by atoms with van der Waals surface area (Å²) in [6.07, 6.45) is 3.77. The zero-order valence-electron chi connectivity index (χ0n) is 11.1. The van der Waals surface area contributed by atoms with Crippen LogP contribution in [0.25, 0.3) is 0 Å². The van der Waals surface area contributed by atoms with Crippen molar-refractivity contribution < 1.29 is 5.11 Å². The van der Waals surface area contributed by atoms with Crippen LogP contribution in [0.2, 0.25) is 0 Å². The van der Waals surface area contributed by atoms with Crippen LogP contribution < -0.4 is 0 Å². The molecule has 0 fully saturated rings. The molecule has 5 heteroatoms. The van der Waals surface area contributed by atoms with Gasteiger partial charge in [0.1, 0.15) is 12.4 Å². The van der Waals surface area contributed by atoms with Gasteiger partial charge in [0.2, 0.25) is 0 Å². The summed E-state index contributed by atoms with van der Waals surface area (Å²) in [5.74, 6) is 6.65. The highest BCUT2D eigenvalue weighted by molar-refractivity contribution is 7.12. The molecule has 4 nitrogen and oxygen atoms in total. The summed E-state index contributed by atoms with van der Waals surface area (Å²) in [4.78, 5) is 8.80. The molecule has 1 N–H and O–H groups in total. The fourth-order valence-corrected chi connectivity index (χ4v) is 2.73. The van der Waals surface area contributed by atoms with E-state index in [9.17, 15) is 0 Å². The van der Waals surface area contributed by atoms with Crippen molar-refractivity contribution in [3.8, 4) is 11.8 Å². The van der Waals surface area contributed by atoms with Crippen LogP contribution in [0.5, 0.6) is 0 Å². The predicted octanol–water partition coefficient (Wildman–Crippen LogP) is 1.46. The number of thiophene rings is 1. The number of imidazole rings is 1. The SMILES string of the molecule is CN(Cc1ccc(C#CCO)s1)Cc1nccn1C. The van der Waals surface area contributed by atoms with Crippen molar-refractivity contribution in [2.24, 2.45) is 7.05 Å². The molecule has 2 aromatic heterocycles. The molecule has 0 aliphatic heterocycles. The minimum Gasteiger partial charge on any atom is -0.384 e. The molecular weight excluding hydrogens is 258 g/mol. The lowest BCUT2D eigenvalue weighted by atomic mass is 10.4. The monoisotopic (exact) mass is 275 g/mol.